The van der Waals surface area contributed by atoms with Crippen LogP contribution in [0.4, 0.5) is 0 Å². The van der Waals surface area contributed by atoms with Gasteiger partial charge >= 0.3 is 0 Å². The molecule has 180 valence electrons. The quantitative estimate of drug-likeness (QED) is 0.497. The van der Waals surface area contributed by atoms with Crippen LogP contribution in [0, 0.1) is 0 Å². The van der Waals surface area contributed by atoms with Crippen molar-refractivity contribution in [3.05, 3.63) is 53.6 Å². The molecule has 0 amide bonds. The van der Waals surface area contributed by atoms with Crippen LogP contribution < -0.4 is 0 Å². The predicted molar refractivity (Wildman–Crippen MR) is 142 cm³/mol. The lowest BCUT2D eigenvalue weighted by Gasteiger charge is -2.26. The molecule has 0 atom stereocenters. The molecule has 0 unspecified atom stereocenters. The zero-order valence-corrected chi connectivity index (χ0v) is 20.9. The van der Waals surface area contributed by atoms with Gasteiger partial charge in [-0.05, 0) is 60.3 Å². The van der Waals surface area contributed by atoms with Gasteiger partial charge in [-0.3, -0.25) is 0 Å². The van der Waals surface area contributed by atoms with Crippen LogP contribution in [-0.4, -0.2) is 5.11 Å². The minimum atomic E-state index is 0.505. The van der Waals surface area contributed by atoms with E-state index in [2.05, 4.69) is 42.5 Å². The summed E-state index contributed by atoms with van der Waals surface area (Å²) in [6.07, 6.45) is 24.3. The van der Waals surface area contributed by atoms with Crippen LogP contribution in [0.15, 0.2) is 42.5 Å². The summed E-state index contributed by atoms with van der Waals surface area (Å²) < 4.78 is 0. The van der Waals surface area contributed by atoms with Crippen molar-refractivity contribution < 1.29 is 5.11 Å². The third-order valence-corrected chi connectivity index (χ3v) is 8.37. The molecule has 2 aliphatic rings. The van der Waals surface area contributed by atoms with Gasteiger partial charge in [-0.2, -0.15) is 0 Å². The molecule has 2 aromatic rings. The van der Waals surface area contributed by atoms with Crippen LogP contribution in [0.5, 0.6) is 5.75 Å². The molecule has 4 rings (SSSR count). The van der Waals surface area contributed by atoms with Crippen molar-refractivity contribution in [3.8, 4) is 16.9 Å². The fraction of sp³-hybridized carbons (Fsp3) is 0.625. The van der Waals surface area contributed by atoms with Gasteiger partial charge in [0.25, 0.3) is 0 Å². The summed E-state index contributed by atoms with van der Waals surface area (Å²) >= 11 is 0. The number of hydrogen-bond acceptors (Lipinski definition) is 1. The Hall–Kier alpha value is -1.76. The Labute approximate surface area is 203 Å². The van der Waals surface area contributed by atoms with Gasteiger partial charge in [-0.25, -0.2) is 0 Å². The molecule has 0 radical (unpaired) electrons. The Morgan fingerprint density at radius 3 is 1.48 bits per heavy atom. The van der Waals surface area contributed by atoms with Crippen LogP contribution in [0.3, 0.4) is 0 Å². The van der Waals surface area contributed by atoms with Gasteiger partial charge in [-0.1, -0.05) is 126 Å². The lowest BCUT2D eigenvalue weighted by molar-refractivity contribution is 0.428. The van der Waals surface area contributed by atoms with Gasteiger partial charge in [-0.15, -0.1) is 0 Å². The number of phenols is 1. The van der Waals surface area contributed by atoms with Crippen molar-refractivity contribution in [1.82, 2.24) is 0 Å². The van der Waals surface area contributed by atoms with E-state index in [0.717, 1.165) is 11.1 Å². The highest BCUT2D eigenvalue weighted by atomic mass is 16.3. The summed E-state index contributed by atoms with van der Waals surface area (Å²) in [5.41, 5.74) is 4.98. The van der Waals surface area contributed by atoms with Gasteiger partial charge in [0.2, 0.25) is 0 Å². The highest BCUT2D eigenvalue weighted by molar-refractivity contribution is 5.73. The third-order valence-electron chi connectivity index (χ3n) is 8.37. The van der Waals surface area contributed by atoms with Crippen molar-refractivity contribution >= 4 is 0 Å². The van der Waals surface area contributed by atoms with Crippen molar-refractivity contribution in [2.45, 2.75) is 127 Å². The summed E-state index contributed by atoms with van der Waals surface area (Å²) in [4.78, 5) is 0. The Morgan fingerprint density at radius 1 is 0.515 bits per heavy atom. The SMILES string of the molecule is Oc1c(-c2ccccc2)cc(C2CCCCCCCCC2)cc1C1CCCCCCCCC1. The van der Waals surface area contributed by atoms with Crippen molar-refractivity contribution in [3.63, 3.8) is 0 Å². The fourth-order valence-electron chi connectivity index (χ4n) is 6.33. The monoisotopic (exact) mass is 446 g/mol. The van der Waals surface area contributed by atoms with Crippen LogP contribution in [-0.2, 0) is 0 Å². The molecular weight excluding hydrogens is 400 g/mol. The van der Waals surface area contributed by atoms with E-state index in [1.165, 1.54) is 127 Å². The minimum absolute atomic E-state index is 0.505. The Morgan fingerprint density at radius 2 is 0.970 bits per heavy atom. The van der Waals surface area contributed by atoms with Gasteiger partial charge in [0, 0.05) is 5.56 Å². The molecular formula is C32H46O. The predicted octanol–water partition coefficient (Wildman–Crippen LogP) is 10.3. The summed E-state index contributed by atoms with van der Waals surface area (Å²) in [6.45, 7) is 0. The summed E-state index contributed by atoms with van der Waals surface area (Å²) in [5.74, 6) is 1.71. The maximum atomic E-state index is 11.6. The fourth-order valence-corrected chi connectivity index (χ4v) is 6.33. The van der Waals surface area contributed by atoms with E-state index >= 15 is 0 Å². The Balaban J connectivity index is 1.69. The first-order valence-corrected chi connectivity index (χ1v) is 14.2. The van der Waals surface area contributed by atoms with Gasteiger partial charge in [0.1, 0.15) is 5.75 Å². The number of benzene rings is 2. The lowest BCUT2D eigenvalue weighted by atomic mass is 9.80. The minimum Gasteiger partial charge on any atom is -0.507 e. The van der Waals surface area contributed by atoms with Crippen LogP contribution in [0.2, 0.25) is 0 Å². The molecule has 0 aromatic heterocycles. The largest absolute Gasteiger partial charge is 0.507 e. The molecule has 0 heterocycles. The molecule has 2 fully saturated rings. The summed E-state index contributed by atoms with van der Waals surface area (Å²) in [7, 11) is 0. The van der Waals surface area contributed by atoms with E-state index in [4.69, 9.17) is 0 Å². The van der Waals surface area contributed by atoms with E-state index in [-0.39, 0.29) is 0 Å². The maximum Gasteiger partial charge on any atom is 0.126 e. The maximum absolute atomic E-state index is 11.6. The molecule has 2 saturated carbocycles. The molecule has 1 heteroatoms. The third kappa shape index (κ3) is 7.11. The van der Waals surface area contributed by atoms with E-state index in [1.807, 2.05) is 0 Å². The van der Waals surface area contributed by atoms with Crippen molar-refractivity contribution in [2.24, 2.45) is 0 Å². The first kappa shape index (κ1) is 24.4. The molecule has 0 bridgehead atoms. The number of phenolic OH excluding ortho intramolecular Hbond substituents is 1. The number of aromatic hydroxyl groups is 1. The molecule has 0 spiro atoms. The van der Waals surface area contributed by atoms with E-state index in [9.17, 15) is 5.11 Å². The average molecular weight is 447 g/mol. The number of hydrogen-bond donors (Lipinski definition) is 1. The van der Waals surface area contributed by atoms with Gasteiger partial charge in [0.15, 0.2) is 0 Å². The van der Waals surface area contributed by atoms with Crippen molar-refractivity contribution in [2.75, 3.05) is 0 Å². The molecule has 2 aromatic carbocycles. The summed E-state index contributed by atoms with van der Waals surface area (Å²) in [6, 6.07) is 15.4. The van der Waals surface area contributed by atoms with Gasteiger partial charge in [0.05, 0.1) is 0 Å². The second-order valence-corrected chi connectivity index (χ2v) is 10.9. The molecule has 2 aliphatic carbocycles. The van der Waals surface area contributed by atoms with E-state index in [1.54, 1.807) is 0 Å². The van der Waals surface area contributed by atoms with Crippen molar-refractivity contribution in [1.29, 1.82) is 0 Å². The molecule has 1 N–H and O–H groups in total. The first-order chi connectivity index (χ1) is 16.3. The smallest absolute Gasteiger partial charge is 0.126 e. The second-order valence-electron chi connectivity index (χ2n) is 10.9. The first-order valence-electron chi connectivity index (χ1n) is 14.2. The molecule has 0 saturated heterocycles. The lowest BCUT2D eigenvalue weighted by Crippen LogP contribution is -2.07. The highest BCUT2D eigenvalue weighted by Gasteiger charge is 2.23. The molecule has 1 nitrogen and oxygen atoms in total. The topological polar surface area (TPSA) is 20.2 Å². The second kappa shape index (κ2) is 13.2. The molecule has 33 heavy (non-hydrogen) atoms. The van der Waals surface area contributed by atoms with Gasteiger partial charge < -0.3 is 5.11 Å². The average Bonchev–Trinajstić information content (AvgIpc) is 2.86. The van der Waals surface area contributed by atoms with Crippen LogP contribution in [0.1, 0.15) is 139 Å². The van der Waals surface area contributed by atoms with E-state index < -0.39 is 0 Å². The van der Waals surface area contributed by atoms with E-state index in [0.29, 0.717) is 17.6 Å². The number of rotatable bonds is 3. The van der Waals surface area contributed by atoms with Crippen LogP contribution in [0.25, 0.3) is 11.1 Å². The Kier molecular flexibility index (Phi) is 9.75. The zero-order valence-electron chi connectivity index (χ0n) is 20.9. The molecule has 0 aliphatic heterocycles. The normalized spacial score (nSPS) is 20.8. The zero-order chi connectivity index (χ0) is 22.7. The van der Waals surface area contributed by atoms with Crippen LogP contribution >= 0.6 is 0 Å². The summed E-state index contributed by atoms with van der Waals surface area (Å²) in [5, 5.41) is 11.6. The highest BCUT2D eigenvalue weighted by Crippen LogP contribution is 2.44. The Bertz CT molecular complexity index is 804. The standard InChI is InChI=1S/C32H46O/c33-32-30(27-20-14-9-5-2-6-10-15-21-27)24-29(25-31(32)28-22-16-11-17-23-28)26-18-12-7-3-1-4-8-13-19-26/h11,16-17,22-27,33H,1-10,12-15,18-21H2.